The lowest BCUT2D eigenvalue weighted by atomic mass is 10.0. The summed E-state index contributed by atoms with van der Waals surface area (Å²) in [5.74, 6) is 0.940. The van der Waals surface area contributed by atoms with Crippen LogP contribution in [-0.4, -0.2) is 50.2 Å². The molecule has 2 fully saturated rings. The van der Waals surface area contributed by atoms with E-state index in [1.54, 1.807) is 0 Å². The summed E-state index contributed by atoms with van der Waals surface area (Å²) in [5, 5.41) is 3.57. The van der Waals surface area contributed by atoms with Gasteiger partial charge in [-0.15, -0.1) is 0 Å². The lowest BCUT2D eigenvalue weighted by Gasteiger charge is -2.32. The van der Waals surface area contributed by atoms with Crippen LogP contribution in [0.15, 0.2) is 0 Å². The smallest absolute Gasteiger partial charge is 0.222 e. The first-order chi connectivity index (χ1) is 7.75. The molecule has 4 heteroatoms. The third-order valence-corrected chi connectivity index (χ3v) is 3.58. The fraction of sp³-hybridized carbons (Fsp3) is 0.917. The number of amides is 1. The quantitative estimate of drug-likeness (QED) is 0.767. The van der Waals surface area contributed by atoms with Crippen LogP contribution in [0.4, 0.5) is 0 Å². The molecule has 16 heavy (non-hydrogen) atoms. The van der Waals surface area contributed by atoms with Crippen molar-refractivity contribution in [1.29, 1.82) is 0 Å². The number of hydrogen-bond acceptors (Lipinski definition) is 3. The molecule has 0 bridgehead atoms. The highest BCUT2D eigenvalue weighted by Crippen LogP contribution is 2.14. The molecule has 0 aliphatic carbocycles. The summed E-state index contributed by atoms with van der Waals surface area (Å²) in [6.07, 6.45) is 4.13. The van der Waals surface area contributed by atoms with Gasteiger partial charge in [0, 0.05) is 39.2 Å². The Balaban J connectivity index is 1.67. The minimum atomic E-state index is 0.277. The SMILES string of the molecule is CN1CC(NCC2CCCOC2)CCC1=O. The summed E-state index contributed by atoms with van der Waals surface area (Å²) in [7, 11) is 1.89. The first-order valence-electron chi connectivity index (χ1n) is 6.31. The zero-order valence-corrected chi connectivity index (χ0v) is 10.1. The molecule has 2 saturated heterocycles. The lowest BCUT2D eigenvalue weighted by Crippen LogP contribution is -2.48. The number of carbonyl (C=O) groups excluding carboxylic acids is 1. The van der Waals surface area contributed by atoms with E-state index < -0.39 is 0 Å². The summed E-state index contributed by atoms with van der Waals surface area (Å²) >= 11 is 0. The zero-order valence-electron chi connectivity index (χ0n) is 10.1. The van der Waals surface area contributed by atoms with Gasteiger partial charge in [-0.1, -0.05) is 0 Å². The number of ether oxygens (including phenoxy) is 1. The molecule has 2 aliphatic rings. The van der Waals surface area contributed by atoms with Crippen LogP contribution in [0, 0.1) is 5.92 Å². The first kappa shape index (κ1) is 11.9. The standard InChI is InChI=1S/C12H22N2O2/c1-14-8-11(4-5-12(14)15)13-7-10-3-2-6-16-9-10/h10-11,13H,2-9H2,1H3. The van der Waals surface area contributed by atoms with Gasteiger partial charge in [-0.05, 0) is 25.2 Å². The highest BCUT2D eigenvalue weighted by atomic mass is 16.5. The molecule has 0 spiro atoms. The van der Waals surface area contributed by atoms with Crippen LogP contribution < -0.4 is 5.32 Å². The lowest BCUT2D eigenvalue weighted by molar-refractivity contribution is -0.132. The van der Waals surface area contributed by atoms with Crippen molar-refractivity contribution in [3.05, 3.63) is 0 Å². The maximum absolute atomic E-state index is 11.3. The monoisotopic (exact) mass is 226 g/mol. The predicted molar refractivity (Wildman–Crippen MR) is 62.2 cm³/mol. The summed E-state index contributed by atoms with van der Waals surface area (Å²) < 4.78 is 5.46. The molecule has 1 N–H and O–H groups in total. The van der Waals surface area contributed by atoms with Crippen molar-refractivity contribution < 1.29 is 9.53 Å². The Labute approximate surface area is 97.3 Å². The van der Waals surface area contributed by atoms with Crippen molar-refractivity contribution in [1.82, 2.24) is 10.2 Å². The largest absolute Gasteiger partial charge is 0.381 e. The van der Waals surface area contributed by atoms with Crippen LogP contribution in [0.5, 0.6) is 0 Å². The Morgan fingerprint density at radius 1 is 1.50 bits per heavy atom. The average Bonchev–Trinajstić information content (AvgIpc) is 2.32. The molecule has 2 unspecified atom stereocenters. The van der Waals surface area contributed by atoms with Crippen molar-refractivity contribution in [2.75, 3.05) is 33.4 Å². The summed E-state index contributed by atoms with van der Waals surface area (Å²) in [4.78, 5) is 13.2. The van der Waals surface area contributed by atoms with Crippen molar-refractivity contribution >= 4 is 5.91 Å². The van der Waals surface area contributed by atoms with E-state index in [1.807, 2.05) is 11.9 Å². The van der Waals surface area contributed by atoms with Crippen LogP contribution in [0.3, 0.4) is 0 Å². The molecule has 0 aromatic carbocycles. The fourth-order valence-corrected chi connectivity index (χ4v) is 2.48. The molecule has 0 radical (unpaired) electrons. The first-order valence-corrected chi connectivity index (χ1v) is 6.31. The van der Waals surface area contributed by atoms with E-state index in [2.05, 4.69) is 5.32 Å². The molecule has 1 amide bonds. The van der Waals surface area contributed by atoms with Gasteiger partial charge in [-0.2, -0.15) is 0 Å². The van der Waals surface area contributed by atoms with Crippen molar-refractivity contribution in [3.8, 4) is 0 Å². The number of likely N-dealkylation sites (tertiary alicyclic amines) is 1. The average molecular weight is 226 g/mol. The zero-order chi connectivity index (χ0) is 11.4. The number of likely N-dealkylation sites (N-methyl/N-ethyl adjacent to an activating group) is 1. The van der Waals surface area contributed by atoms with Gasteiger partial charge in [0.1, 0.15) is 0 Å². The van der Waals surface area contributed by atoms with E-state index >= 15 is 0 Å². The van der Waals surface area contributed by atoms with E-state index in [9.17, 15) is 4.79 Å². The topological polar surface area (TPSA) is 41.6 Å². The molecular weight excluding hydrogens is 204 g/mol. The van der Waals surface area contributed by atoms with Crippen LogP contribution in [0.1, 0.15) is 25.7 Å². The van der Waals surface area contributed by atoms with Gasteiger partial charge in [-0.25, -0.2) is 0 Å². The van der Waals surface area contributed by atoms with Crippen LogP contribution in [0.25, 0.3) is 0 Å². The Bertz CT molecular complexity index is 239. The maximum atomic E-state index is 11.3. The number of rotatable bonds is 3. The van der Waals surface area contributed by atoms with Gasteiger partial charge in [0.25, 0.3) is 0 Å². The van der Waals surface area contributed by atoms with Gasteiger partial charge >= 0.3 is 0 Å². The number of carbonyl (C=O) groups is 1. The molecule has 2 rings (SSSR count). The van der Waals surface area contributed by atoms with E-state index in [1.165, 1.54) is 12.8 Å². The predicted octanol–water partition coefficient (Wildman–Crippen LogP) is 0.623. The van der Waals surface area contributed by atoms with Crippen molar-refractivity contribution in [3.63, 3.8) is 0 Å². The van der Waals surface area contributed by atoms with Crippen molar-refractivity contribution in [2.45, 2.75) is 31.7 Å². The molecule has 0 aromatic heterocycles. The van der Waals surface area contributed by atoms with Gasteiger partial charge in [0.2, 0.25) is 5.91 Å². The Morgan fingerprint density at radius 3 is 3.06 bits per heavy atom. The normalized spacial score (nSPS) is 31.8. The highest BCUT2D eigenvalue weighted by Gasteiger charge is 2.23. The molecule has 4 nitrogen and oxygen atoms in total. The van der Waals surface area contributed by atoms with Crippen LogP contribution in [-0.2, 0) is 9.53 Å². The third-order valence-electron chi connectivity index (χ3n) is 3.58. The summed E-state index contributed by atoms with van der Waals surface area (Å²) in [5.41, 5.74) is 0. The minimum Gasteiger partial charge on any atom is -0.381 e. The third kappa shape index (κ3) is 3.19. The molecule has 0 aromatic rings. The molecule has 92 valence electrons. The second-order valence-corrected chi connectivity index (χ2v) is 5.00. The van der Waals surface area contributed by atoms with Gasteiger partial charge in [0.05, 0.1) is 6.61 Å². The molecule has 2 aliphatic heterocycles. The fourth-order valence-electron chi connectivity index (χ4n) is 2.48. The number of nitrogens with one attached hydrogen (secondary N) is 1. The number of hydrogen-bond donors (Lipinski definition) is 1. The Hall–Kier alpha value is -0.610. The second-order valence-electron chi connectivity index (χ2n) is 5.00. The molecular formula is C12H22N2O2. The summed E-state index contributed by atoms with van der Waals surface area (Å²) in [6, 6.07) is 0.477. The van der Waals surface area contributed by atoms with Gasteiger partial charge in [-0.3, -0.25) is 4.79 Å². The molecule has 2 atom stereocenters. The Kier molecular flexibility index (Phi) is 4.18. The van der Waals surface area contributed by atoms with Crippen LogP contribution in [0.2, 0.25) is 0 Å². The second kappa shape index (κ2) is 5.64. The molecule has 0 saturated carbocycles. The number of piperidine rings is 1. The van der Waals surface area contributed by atoms with Crippen LogP contribution >= 0.6 is 0 Å². The Morgan fingerprint density at radius 2 is 2.38 bits per heavy atom. The van der Waals surface area contributed by atoms with E-state index in [4.69, 9.17) is 4.74 Å². The van der Waals surface area contributed by atoms with Gasteiger partial charge in [0.15, 0.2) is 0 Å². The number of nitrogens with zero attached hydrogens (tertiary/aromatic N) is 1. The van der Waals surface area contributed by atoms with E-state index in [-0.39, 0.29) is 5.91 Å². The maximum Gasteiger partial charge on any atom is 0.222 e. The minimum absolute atomic E-state index is 0.277. The van der Waals surface area contributed by atoms with E-state index in [0.29, 0.717) is 18.4 Å². The van der Waals surface area contributed by atoms with Crippen molar-refractivity contribution in [2.24, 2.45) is 5.92 Å². The van der Waals surface area contributed by atoms with E-state index in [0.717, 1.165) is 32.7 Å². The molecule has 2 heterocycles. The van der Waals surface area contributed by atoms with Gasteiger partial charge < -0.3 is 15.0 Å². The highest BCUT2D eigenvalue weighted by molar-refractivity contribution is 5.76. The summed E-state index contributed by atoms with van der Waals surface area (Å²) in [6.45, 7) is 3.71.